The molecule has 1 N–H and O–H groups in total. The predicted molar refractivity (Wildman–Crippen MR) is 131 cm³/mol. The lowest BCUT2D eigenvalue weighted by Crippen LogP contribution is -2.11. The molecule has 0 spiro atoms. The van der Waals surface area contributed by atoms with Gasteiger partial charge in [-0.2, -0.15) is 0 Å². The number of anilines is 1. The van der Waals surface area contributed by atoms with Crippen molar-refractivity contribution in [3.63, 3.8) is 0 Å². The van der Waals surface area contributed by atoms with Crippen LogP contribution in [0.2, 0.25) is 15.1 Å². The number of carbonyl (C=O) groups excluding carboxylic acids is 1. The number of nitrogens with zero attached hydrogens (tertiary/aromatic N) is 1. The molecule has 1 amide bonds. The first-order valence-electron chi connectivity index (χ1n) is 9.91. The van der Waals surface area contributed by atoms with Gasteiger partial charge >= 0.3 is 0 Å². The maximum atomic E-state index is 12.8. The van der Waals surface area contributed by atoms with E-state index in [1.807, 2.05) is 25.1 Å². The minimum absolute atomic E-state index is 0.0971. The molecule has 2 aromatic heterocycles. The molecule has 3 aromatic carbocycles. The molecule has 0 saturated heterocycles. The average Bonchev–Trinajstić information content (AvgIpc) is 3.44. The van der Waals surface area contributed by atoms with Crippen molar-refractivity contribution < 1.29 is 13.6 Å². The molecule has 8 heteroatoms. The minimum atomic E-state index is -0.466. The largest absolute Gasteiger partial charge is 0.451 e. The number of carbonyl (C=O) groups is 1. The molecule has 33 heavy (non-hydrogen) atoms. The molecule has 0 fully saturated rings. The van der Waals surface area contributed by atoms with E-state index in [-0.39, 0.29) is 5.76 Å². The summed E-state index contributed by atoms with van der Waals surface area (Å²) in [5.41, 5.74) is 4.19. The zero-order valence-electron chi connectivity index (χ0n) is 17.2. The maximum Gasteiger partial charge on any atom is 0.291 e. The van der Waals surface area contributed by atoms with Gasteiger partial charge in [-0.15, -0.1) is 0 Å². The van der Waals surface area contributed by atoms with E-state index in [9.17, 15) is 4.79 Å². The Labute approximate surface area is 203 Å². The van der Waals surface area contributed by atoms with Crippen molar-refractivity contribution in [1.29, 1.82) is 0 Å². The van der Waals surface area contributed by atoms with Gasteiger partial charge < -0.3 is 14.2 Å². The highest BCUT2D eigenvalue weighted by Crippen LogP contribution is 2.33. The van der Waals surface area contributed by atoms with Crippen LogP contribution in [0.4, 0.5) is 5.69 Å². The molecule has 0 aliphatic heterocycles. The second-order valence-corrected chi connectivity index (χ2v) is 8.68. The van der Waals surface area contributed by atoms with E-state index in [4.69, 9.17) is 43.6 Å². The maximum absolute atomic E-state index is 12.8. The number of hydrogen-bond acceptors (Lipinski definition) is 4. The summed E-state index contributed by atoms with van der Waals surface area (Å²) in [4.78, 5) is 17.4. The summed E-state index contributed by atoms with van der Waals surface area (Å²) >= 11 is 18.6. The van der Waals surface area contributed by atoms with Crippen LogP contribution in [0.1, 0.15) is 16.1 Å². The first kappa shape index (κ1) is 21.6. The van der Waals surface area contributed by atoms with Gasteiger partial charge in [0.2, 0.25) is 5.89 Å². The Kier molecular flexibility index (Phi) is 5.62. The van der Waals surface area contributed by atoms with Crippen LogP contribution >= 0.6 is 34.8 Å². The Hall–Kier alpha value is -3.25. The van der Waals surface area contributed by atoms with Gasteiger partial charge in [0.25, 0.3) is 5.91 Å². The SMILES string of the molecule is Cc1ccc2oc(-c3ccc(Cl)c(NC(=O)c4ccc(-c5cc(Cl)ccc5Cl)o4)c3)nc2c1. The number of oxazole rings is 1. The molecule has 5 aromatic rings. The van der Waals surface area contributed by atoms with Crippen molar-refractivity contribution >= 4 is 57.5 Å². The van der Waals surface area contributed by atoms with Gasteiger partial charge in [-0.3, -0.25) is 4.79 Å². The monoisotopic (exact) mass is 496 g/mol. The predicted octanol–water partition coefficient (Wildman–Crippen LogP) is 8.28. The van der Waals surface area contributed by atoms with E-state index >= 15 is 0 Å². The third kappa shape index (κ3) is 4.35. The van der Waals surface area contributed by atoms with Crippen LogP contribution in [0.3, 0.4) is 0 Å². The fourth-order valence-electron chi connectivity index (χ4n) is 3.39. The van der Waals surface area contributed by atoms with E-state index in [1.54, 1.807) is 48.5 Å². The van der Waals surface area contributed by atoms with Crippen molar-refractivity contribution in [3.8, 4) is 22.8 Å². The molecule has 164 valence electrons. The van der Waals surface area contributed by atoms with E-state index in [1.165, 1.54) is 0 Å². The summed E-state index contributed by atoms with van der Waals surface area (Å²) in [7, 11) is 0. The second kappa shape index (κ2) is 8.60. The third-order valence-electron chi connectivity index (χ3n) is 5.03. The summed E-state index contributed by atoms with van der Waals surface area (Å²) < 4.78 is 11.6. The smallest absolute Gasteiger partial charge is 0.291 e. The van der Waals surface area contributed by atoms with Crippen molar-refractivity contribution in [3.05, 3.63) is 93.1 Å². The number of aromatic nitrogens is 1. The first-order valence-corrected chi connectivity index (χ1v) is 11.0. The molecular weight excluding hydrogens is 483 g/mol. The standard InChI is InChI=1S/C25H15Cl3N2O3/c1-13-2-7-22-20(10-13)30-25(33-22)14-3-5-18(28)19(11-14)29-24(31)23-9-8-21(32-23)16-12-15(26)4-6-17(16)27/h2-12H,1H3,(H,29,31). The topological polar surface area (TPSA) is 68.3 Å². The van der Waals surface area contributed by atoms with Crippen molar-refractivity contribution in [2.75, 3.05) is 5.32 Å². The fourth-order valence-corrected chi connectivity index (χ4v) is 3.94. The van der Waals surface area contributed by atoms with Crippen LogP contribution in [0, 0.1) is 6.92 Å². The number of halogens is 3. The molecule has 0 aliphatic carbocycles. The normalized spacial score (nSPS) is 11.2. The molecule has 5 rings (SSSR count). The van der Waals surface area contributed by atoms with E-state index in [2.05, 4.69) is 10.3 Å². The Balaban J connectivity index is 1.42. The molecule has 0 bridgehead atoms. The van der Waals surface area contributed by atoms with Crippen molar-refractivity contribution in [2.24, 2.45) is 0 Å². The van der Waals surface area contributed by atoms with Gasteiger partial charge in [-0.05, 0) is 73.2 Å². The second-order valence-electron chi connectivity index (χ2n) is 7.43. The van der Waals surface area contributed by atoms with E-state index in [0.29, 0.717) is 49.1 Å². The molecule has 5 nitrogen and oxygen atoms in total. The van der Waals surface area contributed by atoms with Gasteiger partial charge in [-0.1, -0.05) is 40.9 Å². The highest BCUT2D eigenvalue weighted by molar-refractivity contribution is 6.35. The number of aryl methyl sites for hydroxylation is 1. The zero-order chi connectivity index (χ0) is 23.1. The number of rotatable bonds is 4. The fraction of sp³-hybridized carbons (Fsp3) is 0.0400. The van der Waals surface area contributed by atoms with Gasteiger partial charge in [0.1, 0.15) is 11.3 Å². The average molecular weight is 498 g/mol. The van der Waals surface area contributed by atoms with E-state index in [0.717, 1.165) is 11.1 Å². The molecule has 0 saturated carbocycles. The Morgan fingerprint density at radius 3 is 2.55 bits per heavy atom. The number of amides is 1. The summed E-state index contributed by atoms with van der Waals surface area (Å²) in [5.74, 6) is 0.486. The van der Waals surface area contributed by atoms with Gasteiger partial charge in [0.05, 0.1) is 15.7 Å². The summed E-state index contributed by atoms with van der Waals surface area (Å²) in [6, 6.07) is 19.2. The lowest BCUT2D eigenvalue weighted by molar-refractivity contribution is 0.0997. The lowest BCUT2D eigenvalue weighted by atomic mass is 10.2. The molecule has 0 unspecified atom stereocenters. The van der Waals surface area contributed by atoms with Gasteiger partial charge in [-0.25, -0.2) is 4.98 Å². The molecule has 0 aliphatic rings. The van der Waals surface area contributed by atoms with Crippen LogP contribution < -0.4 is 5.32 Å². The van der Waals surface area contributed by atoms with Crippen LogP contribution in [0.5, 0.6) is 0 Å². The number of furan rings is 1. The highest BCUT2D eigenvalue weighted by Gasteiger charge is 2.17. The number of hydrogen-bond donors (Lipinski definition) is 1. The number of benzene rings is 3. The Bertz CT molecular complexity index is 1520. The summed E-state index contributed by atoms with van der Waals surface area (Å²) in [6.07, 6.45) is 0. The number of fused-ring (bicyclic) bond motifs is 1. The highest BCUT2D eigenvalue weighted by atomic mass is 35.5. The Morgan fingerprint density at radius 1 is 0.879 bits per heavy atom. The zero-order valence-corrected chi connectivity index (χ0v) is 19.4. The molecule has 2 heterocycles. The van der Waals surface area contributed by atoms with Crippen molar-refractivity contribution in [1.82, 2.24) is 4.98 Å². The summed E-state index contributed by atoms with van der Waals surface area (Å²) in [5, 5.41) is 4.11. The Morgan fingerprint density at radius 2 is 1.70 bits per heavy atom. The van der Waals surface area contributed by atoms with Crippen molar-refractivity contribution in [2.45, 2.75) is 6.92 Å². The minimum Gasteiger partial charge on any atom is -0.451 e. The van der Waals surface area contributed by atoms with Crippen LogP contribution in [-0.2, 0) is 0 Å². The summed E-state index contributed by atoms with van der Waals surface area (Å²) in [6.45, 7) is 1.99. The van der Waals surface area contributed by atoms with Crippen LogP contribution in [0.15, 0.2) is 75.6 Å². The molecule has 0 atom stereocenters. The van der Waals surface area contributed by atoms with Crippen LogP contribution in [-0.4, -0.2) is 10.9 Å². The van der Waals surface area contributed by atoms with E-state index < -0.39 is 5.91 Å². The molecule has 0 radical (unpaired) electrons. The first-order chi connectivity index (χ1) is 15.9. The number of nitrogens with one attached hydrogen (secondary N) is 1. The lowest BCUT2D eigenvalue weighted by Gasteiger charge is -2.07. The third-order valence-corrected chi connectivity index (χ3v) is 5.92. The van der Waals surface area contributed by atoms with Gasteiger partial charge in [0.15, 0.2) is 11.3 Å². The molecular formula is C25H15Cl3N2O3. The quantitative estimate of drug-likeness (QED) is 0.271. The van der Waals surface area contributed by atoms with Gasteiger partial charge in [0, 0.05) is 16.1 Å². The van der Waals surface area contributed by atoms with Crippen LogP contribution in [0.25, 0.3) is 33.9 Å².